The Kier molecular flexibility index (Phi) is 8.56. The highest BCUT2D eigenvalue weighted by molar-refractivity contribution is 6.43. The van der Waals surface area contributed by atoms with Crippen molar-refractivity contribution in [2.24, 2.45) is 11.8 Å². The highest BCUT2D eigenvalue weighted by Gasteiger charge is 2.05. The van der Waals surface area contributed by atoms with Crippen molar-refractivity contribution in [2.75, 3.05) is 0 Å². The molecule has 1 aromatic rings. The second-order valence-electron chi connectivity index (χ2n) is 5.97. The van der Waals surface area contributed by atoms with Gasteiger partial charge in [0, 0.05) is 9.52 Å². The second-order valence-corrected chi connectivity index (χ2v) is 7.59. The lowest BCUT2D eigenvalue weighted by Crippen LogP contribution is -2.02. The smallest absolute Gasteiger partial charge is 0.0457 e. The van der Waals surface area contributed by atoms with Crippen LogP contribution in [0.4, 0.5) is 0 Å². The molecule has 0 aliphatic carbocycles. The molecule has 0 spiro atoms. The van der Waals surface area contributed by atoms with Gasteiger partial charge in [-0.25, -0.2) is 0 Å². The lowest BCUT2D eigenvalue weighted by atomic mass is 9.96. The van der Waals surface area contributed by atoms with E-state index in [4.69, 9.17) is 0 Å². The van der Waals surface area contributed by atoms with Crippen LogP contribution in [0.25, 0.3) is 6.08 Å². The Morgan fingerprint density at radius 1 is 1.00 bits per heavy atom. The topological polar surface area (TPSA) is 0 Å². The first-order valence-electron chi connectivity index (χ1n) is 7.94. The molecule has 0 heterocycles. The largest absolute Gasteiger partial charge is 0.101 e. The molecular weight excluding hydrogens is 244 g/mol. The van der Waals surface area contributed by atoms with Crippen molar-refractivity contribution in [3.63, 3.8) is 0 Å². The average Bonchev–Trinajstić information content (AvgIpc) is 2.43. The van der Waals surface area contributed by atoms with Crippen LogP contribution in [0.1, 0.15) is 52.0 Å². The Hall–Kier alpha value is -0.823. The highest BCUT2D eigenvalue weighted by Crippen LogP contribution is 2.18. The summed E-state index contributed by atoms with van der Waals surface area (Å²) in [5, 5.41) is 0. The minimum atomic E-state index is -0.0169. The molecule has 0 aliphatic rings. The number of benzene rings is 1. The molecule has 0 amide bonds. The third-order valence-electron chi connectivity index (χ3n) is 3.87. The quantitative estimate of drug-likeness (QED) is 0.550. The maximum atomic E-state index is 2.46. The molecule has 1 aromatic carbocycles. The van der Waals surface area contributed by atoms with Crippen LogP contribution in [0.5, 0.6) is 0 Å². The van der Waals surface area contributed by atoms with Gasteiger partial charge in [0.1, 0.15) is 0 Å². The van der Waals surface area contributed by atoms with Crippen molar-refractivity contribution < 1.29 is 0 Å². The van der Waals surface area contributed by atoms with Gasteiger partial charge in [0.05, 0.1) is 0 Å². The van der Waals surface area contributed by atoms with Crippen molar-refractivity contribution in [1.29, 1.82) is 0 Å². The zero-order chi connectivity index (χ0) is 13.9. The summed E-state index contributed by atoms with van der Waals surface area (Å²) in [6.07, 6.45) is 7.89. The number of hydrogen-bond acceptors (Lipinski definition) is 0. The van der Waals surface area contributed by atoms with E-state index in [0.717, 1.165) is 11.8 Å². The lowest BCUT2D eigenvalue weighted by molar-refractivity contribution is 0.424. The van der Waals surface area contributed by atoms with E-state index in [9.17, 15) is 0 Å². The summed E-state index contributed by atoms with van der Waals surface area (Å²) in [5.74, 6) is 1.85. The minimum Gasteiger partial charge on any atom is -0.101 e. The maximum absolute atomic E-state index is 2.46. The van der Waals surface area contributed by atoms with Gasteiger partial charge in [0.25, 0.3) is 0 Å². The third kappa shape index (κ3) is 8.04. The molecular formula is C18H30Si. The Morgan fingerprint density at radius 3 is 2.37 bits per heavy atom. The van der Waals surface area contributed by atoms with Crippen LogP contribution in [0.2, 0.25) is 6.04 Å². The molecule has 0 aliphatic heterocycles. The fraction of sp³-hybridized carbons (Fsp3) is 0.556. The van der Waals surface area contributed by atoms with Crippen molar-refractivity contribution in [3.8, 4) is 0 Å². The standard InChI is InChI=1S/C18H30Si/c1-4-8-16(2)11-12-17(3)15-19-14-13-18-9-6-5-7-10-18/h5-7,9-10,13-14,16-17H,4,8,11-12,15,19H2,1-3H3. The van der Waals surface area contributed by atoms with Gasteiger partial charge < -0.3 is 0 Å². The Bertz CT molecular complexity index is 342. The van der Waals surface area contributed by atoms with E-state index >= 15 is 0 Å². The molecule has 1 rings (SSSR count). The zero-order valence-electron chi connectivity index (χ0n) is 12.9. The SMILES string of the molecule is CCCC(C)CCC(C)C[SiH2]C=Cc1ccccc1. The molecule has 0 N–H and O–H groups in total. The summed E-state index contributed by atoms with van der Waals surface area (Å²) in [7, 11) is -0.0169. The van der Waals surface area contributed by atoms with Gasteiger partial charge in [-0.3, -0.25) is 0 Å². The molecule has 0 nitrogen and oxygen atoms in total. The fourth-order valence-corrected chi connectivity index (χ4v) is 4.00. The number of rotatable bonds is 9. The lowest BCUT2D eigenvalue weighted by Gasteiger charge is -2.14. The van der Waals surface area contributed by atoms with E-state index in [-0.39, 0.29) is 9.52 Å². The zero-order valence-corrected chi connectivity index (χ0v) is 14.4. The molecule has 106 valence electrons. The van der Waals surface area contributed by atoms with Crippen LogP contribution in [0.3, 0.4) is 0 Å². The van der Waals surface area contributed by atoms with Gasteiger partial charge in [0.2, 0.25) is 0 Å². The highest BCUT2D eigenvalue weighted by atomic mass is 28.2. The fourth-order valence-electron chi connectivity index (χ4n) is 2.51. The summed E-state index contributed by atoms with van der Waals surface area (Å²) < 4.78 is 0. The van der Waals surface area contributed by atoms with Crippen LogP contribution in [-0.4, -0.2) is 9.52 Å². The van der Waals surface area contributed by atoms with Crippen LogP contribution in [0.15, 0.2) is 36.0 Å². The van der Waals surface area contributed by atoms with Crippen LogP contribution >= 0.6 is 0 Å². The first-order chi connectivity index (χ1) is 9.22. The van der Waals surface area contributed by atoms with E-state index in [2.05, 4.69) is 62.9 Å². The minimum absolute atomic E-state index is 0.0169. The van der Waals surface area contributed by atoms with Crippen molar-refractivity contribution >= 4 is 15.6 Å². The number of hydrogen-bond donors (Lipinski definition) is 0. The Morgan fingerprint density at radius 2 is 1.68 bits per heavy atom. The van der Waals surface area contributed by atoms with Gasteiger partial charge in [-0.05, 0) is 17.4 Å². The monoisotopic (exact) mass is 274 g/mol. The normalized spacial score (nSPS) is 15.3. The summed E-state index contributed by atoms with van der Waals surface area (Å²) in [4.78, 5) is 0. The van der Waals surface area contributed by atoms with E-state index in [1.165, 1.54) is 37.3 Å². The predicted molar refractivity (Wildman–Crippen MR) is 91.3 cm³/mol. The molecule has 2 unspecified atom stereocenters. The molecule has 19 heavy (non-hydrogen) atoms. The van der Waals surface area contributed by atoms with Gasteiger partial charge >= 0.3 is 0 Å². The van der Waals surface area contributed by atoms with Crippen LogP contribution in [-0.2, 0) is 0 Å². The first-order valence-corrected chi connectivity index (χ1v) is 9.75. The summed E-state index contributed by atoms with van der Waals surface area (Å²) in [6.45, 7) is 7.13. The van der Waals surface area contributed by atoms with E-state index in [1.807, 2.05) is 0 Å². The van der Waals surface area contributed by atoms with Gasteiger partial charge in [-0.1, -0.05) is 88.9 Å². The Balaban J connectivity index is 2.13. The molecule has 0 bridgehead atoms. The molecule has 0 aromatic heterocycles. The molecule has 0 radical (unpaired) electrons. The maximum Gasteiger partial charge on any atom is 0.0457 e. The molecule has 2 atom stereocenters. The third-order valence-corrected chi connectivity index (χ3v) is 5.76. The van der Waals surface area contributed by atoms with Gasteiger partial charge in [-0.15, -0.1) is 5.70 Å². The summed E-state index contributed by atoms with van der Waals surface area (Å²) >= 11 is 0. The van der Waals surface area contributed by atoms with Crippen molar-refractivity contribution in [1.82, 2.24) is 0 Å². The van der Waals surface area contributed by atoms with E-state index in [0.29, 0.717) is 0 Å². The molecule has 0 saturated heterocycles. The summed E-state index contributed by atoms with van der Waals surface area (Å²) in [5.41, 5.74) is 3.81. The van der Waals surface area contributed by atoms with Crippen molar-refractivity contribution in [3.05, 3.63) is 41.6 Å². The summed E-state index contributed by atoms with van der Waals surface area (Å²) in [6, 6.07) is 12.1. The van der Waals surface area contributed by atoms with E-state index < -0.39 is 0 Å². The molecule has 0 saturated carbocycles. The Labute approximate surface area is 122 Å². The van der Waals surface area contributed by atoms with Gasteiger partial charge in [0.15, 0.2) is 0 Å². The van der Waals surface area contributed by atoms with Crippen LogP contribution in [0, 0.1) is 11.8 Å². The molecule has 1 heteroatoms. The average molecular weight is 275 g/mol. The predicted octanol–water partition coefficient (Wildman–Crippen LogP) is 5.10. The van der Waals surface area contributed by atoms with Crippen molar-refractivity contribution in [2.45, 2.75) is 52.5 Å². The second kappa shape index (κ2) is 10.0. The molecule has 0 fully saturated rings. The van der Waals surface area contributed by atoms with E-state index in [1.54, 1.807) is 0 Å². The van der Waals surface area contributed by atoms with Crippen LogP contribution < -0.4 is 0 Å². The van der Waals surface area contributed by atoms with Gasteiger partial charge in [-0.2, -0.15) is 0 Å². The first kappa shape index (κ1) is 16.2.